The van der Waals surface area contributed by atoms with Crippen LogP contribution in [0.15, 0.2) is 12.7 Å². The van der Waals surface area contributed by atoms with Crippen molar-refractivity contribution in [2.24, 2.45) is 11.8 Å². The minimum Gasteiger partial charge on any atom is -0.120 e. The Balaban J connectivity index is 2.40. The molecule has 0 N–H and O–H groups in total. The van der Waals surface area contributed by atoms with Gasteiger partial charge in [0, 0.05) is 5.92 Å². The SMILES string of the molecule is C#C[C@H]1CC[C@@H]1C=C. The van der Waals surface area contributed by atoms with Crippen molar-refractivity contribution in [2.75, 3.05) is 0 Å². The average Bonchev–Trinajstić information content (AvgIpc) is 1.66. The fraction of sp³-hybridized carbons (Fsp3) is 0.500. The first-order valence-electron chi connectivity index (χ1n) is 2.97. The molecule has 0 bridgehead atoms. The largest absolute Gasteiger partial charge is 0.120 e. The van der Waals surface area contributed by atoms with E-state index in [9.17, 15) is 0 Å². The number of rotatable bonds is 1. The van der Waals surface area contributed by atoms with E-state index in [0.717, 1.165) is 0 Å². The Kier molecular flexibility index (Phi) is 1.39. The van der Waals surface area contributed by atoms with Crippen molar-refractivity contribution in [3.05, 3.63) is 12.7 Å². The first-order chi connectivity index (χ1) is 3.88. The molecule has 1 fully saturated rings. The molecule has 1 aliphatic rings. The van der Waals surface area contributed by atoms with Crippen LogP contribution in [0.4, 0.5) is 0 Å². The lowest BCUT2D eigenvalue weighted by Crippen LogP contribution is -2.21. The van der Waals surface area contributed by atoms with E-state index in [4.69, 9.17) is 6.42 Å². The Labute approximate surface area is 50.6 Å². The van der Waals surface area contributed by atoms with Crippen LogP contribution < -0.4 is 0 Å². The highest BCUT2D eigenvalue weighted by atomic mass is 14.3. The van der Waals surface area contributed by atoms with Crippen LogP contribution in [0.25, 0.3) is 0 Å². The van der Waals surface area contributed by atoms with Crippen molar-refractivity contribution in [3.8, 4) is 12.3 Å². The third-order valence-corrected chi connectivity index (χ3v) is 1.84. The molecule has 0 heteroatoms. The highest BCUT2D eigenvalue weighted by molar-refractivity contribution is 5.06. The molecule has 0 unspecified atom stereocenters. The van der Waals surface area contributed by atoms with E-state index in [2.05, 4.69) is 12.5 Å². The van der Waals surface area contributed by atoms with Gasteiger partial charge in [0.25, 0.3) is 0 Å². The number of allylic oxidation sites excluding steroid dienone is 1. The van der Waals surface area contributed by atoms with Gasteiger partial charge in [0.1, 0.15) is 0 Å². The smallest absolute Gasteiger partial charge is 0.0263 e. The van der Waals surface area contributed by atoms with Gasteiger partial charge in [0.15, 0.2) is 0 Å². The third-order valence-electron chi connectivity index (χ3n) is 1.84. The Morgan fingerprint density at radius 3 is 2.50 bits per heavy atom. The van der Waals surface area contributed by atoms with E-state index >= 15 is 0 Å². The van der Waals surface area contributed by atoms with Crippen molar-refractivity contribution < 1.29 is 0 Å². The van der Waals surface area contributed by atoms with E-state index in [1.807, 2.05) is 6.08 Å². The molecule has 42 valence electrons. The molecule has 1 saturated carbocycles. The predicted molar refractivity (Wildman–Crippen MR) is 35.2 cm³/mol. The summed E-state index contributed by atoms with van der Waals surface area (Å²) in [5, 5.41) is 0. The lowest BCUT2D eigenvalue weighted by atomic mass is 9.74. The summed E-state index contributed by atoms with van der Waals surface area (Å²) in [4.78, 5) is 0. The molecule has 8 heavy (non-hydrogen) atoms. The number of hydrogen-bond acceptors (Lipinski definition) is 0. The molecule has 0 amide bonds. The minimum atomic E-state index is 0.507. The van der Waals surface area contributed by atoms with Gasteiger partial charge < -0.3 is 0 Å². The van der Waals surface area contributed by atoms with Gasteiger partial charge in [-0.1, -0.05) is 6.08 Å². The van der Waals surface area contributed by atoms with Crippen molar-refractivity contribution in [1.29, 1.82) is 0 Å². The summed E-state index contributed by atoms with van der Waals surface area (Å²) >= 11 is 0. The van der Waals surface area contributed by atoms with Crippen LogP contribution in [0.1, 0.15) is 12.8 Å². The van der Waals surface area contributed by atoms with Gasteiger partial charge >= 0.3 is 0 Å². The molecule has 0 radical (unpaired) electrons. The van der Waals surface area contributed by atoms with E-state index in [1.54, 1.807) is 0 Å². The predicted octanol–water partition coefficient (Wildman–Crippen LogP) is 1.83. The Morgan fingerprint density at radius 2 is 2.38 bits per heavy atom. The molecule has 1 rings (SSSR count). The number of terminal acetylenes is 1. The monoisotopic (exact) mass is 106 g/mol. The second kappa shape index (κ2) is 2.05. The maximum atomic E-state index is 5.20. The number of hydrogen-bond donors (Lipinski definition) is 0. The molecular weight excluding hydrogens is 96.1 g/mol. The fourth-order valence-corrected chi connectivity index (χ4v) is 1.01. The first-order valence-corrected chi connectivity index (χ1v) is 2.97. The molecule has 0 saturated heterocycles. The maximum absolute atomic E-state index is 5.20. The van der Waals surface area contributed by atoms with E-state index in [-0.39, 0.29) is 0 Å². The van der Waals surface area contributed by atoms with E-state index < -0.39 is 0 Å². The summed E-state index contributed by atoms with van der Waals surface area (Å²) in [7, 11) is 0. The summed E-state index contributed by atoms with van der Waals surface area (Å²) in [6.07, 6.45) is 9.62. The second-order valence-electron chi connectivity index (χ2n) is 2.25. The molecule has 0 aromatic carbocycles. The molecule has 0 heterocycles. The van der Waals surface area contributed by atoms with Crippen LogP contribution in [0.5, 0.6) is 0 Å². The molecular formula is C8H10. The molecule has 1 aliphatic carbocycles. The van der Waals surface area contributed by atoms with E-state index in [0.29, 0.717) is 11.8 Å². The highest BCUT2D eigenvalue weighted by Gasteiger charge is 2.25. The summed E-state index contributed by atoms with van der Waals surface area (Å²) < 4.78 is 0. The van der Waals surface area contributed by atoms with Crippen molar-refractivity contribution in [2.45, 2.75) is 12.8 Å². The van der Waals surface area contributed by atoms with Crippen LogP contribution in [0.3, 0.4) is 0 Å². The maximum Gasteiger partial charge on any atom is 0.0263 e. The van der Waals surface area contributed by atoms with Crippen molar-refractivity contribution in [1.82, 2.24) is 0 Å². The standard InChI is InChI=1S/C8H10/c1-3-7-5-6-8(7)4-2/h1,4,7-8H,2,5-6H2/t7-,8-/m0/s1. The van der Waals surface area contributed by atoms with Gasteiger partial charge in [0.05, 0.1) is 0 Å². The first kappa shape index (κ1) is 5.44. The van der Waals surface area contributed by atoms with Crippen LogP contribution in [-0.4, -0.2) is 0 Å². The zero-order valence-corrected chi connectivity index (χ0v) is 4.93. The average molecular weight is 106 g/mol. The van der Waals surface area contributed by atoms with Gasteiger partial charge in [-0.2, -0.15) is 0 Å². The van der Waals surface area contributed by atoms with Gasteiger partial charge in [0.2, 0.25) is 0 Å². The molecule has 2 atom stereocenters. The van der Waals surface area contributed by atoms with Gasteiger partial charge in [-0.05, 0) is 18.8 Å². The fourth-order valence-electron chi connectivity index (χ4n) is 1.01. The zero-order chi connectivity index (χ0) is 5.98. The topological polar surface area (TPSA) is 0 Å². The van der Waals surface area contributed by atoms with Crippen molar-refractivity contribution >= 4 is 0 Å². The second-order valence-corrected chi connectivity index (χ2v) is 2.25. The lowest BCUT2D eigenvalue weighted by Gasteiger charge is -2.29. The van der Waals surface area contributed by atoms with Gasteiger partial charge in [-0.15, -0.1) is 18.9 Å². The van der Waals surface area contributed by atoms with Gasteiger partial charge in [-0.3, -0.25) is 0 Å². The molecule has 0 aromatic rings. The molecule has 0 nitrogen and oxygen atoms in total. The highest BCUT2D eigenvalue weighted by Crippen LogP contribution is 2.33. The summed E-state index contributed by atoms with van der Waals surface area (Å²) in [5.41, 5.74) is 0. The van der Waals surface area contributed by atoms with E-state index in [1.165, 1.54) is 12.8 Å². The van der Waals surface area contributed by atoms with Crippen LogP contribution in [0, 0.1) is 24.2 Å². The van der Waals surface area contributed by atoms with Crippen molar-refractivity contribution in [3.63, 3.8) is 0 Å². The molecule has 0 spiro atoms. The molecule has 0 aliphatic heterocycles. The summed E-state index contributed by atoms with van der Waals surface area (Å²) in [6.45, 7) is 3.69. The van der Waals surface area contributed by atoms with Gasteiger partial charge in [-0.25, -0.2) is 0 Å². The van der Waals surface area contributed by atoms with Crippen LogP contribution in [0.2, 0.25) is 0 Å². The van der Waals surface area contributed by atoms with Crippen LogP contribution >= 0.6 is 0 Å². The Bertz CT molecular complexity index is 127. The lowest BCUT2D eigenvalue weighted by molar-refractivity contribution is 0.298. The molecule has 0 aromatic heterocycles. The normalized spacial score (nSPS) is 34.9. The quantitative estimate of drug-likeness (QED) is 0.353. The zero-order valence-electron chi connectivity index (χ0n) is 4.93. The third kappa shape index (κ3) is 0.648. The summed E-state index contributed by atoms with van der Waals surface area (Å²) in [6, 6.07) is 0. The Morgan fingerprint density at radius 1 is 1.62 bits per heavy atom. The minimum absolute atomic E-state index is 0.507. The Hall–Kier alpha value is -0.700. The summed E-state index contributed by atoms with van der Waals surface area (Å²) in [5.74, 6) is 3.86. The van der Waals surface area contributed by atoms with Crippen LogP contribution in [-0.2, 0) is 0 Å².